The lowest BCUT2D eigenvalue weighted by Gasteiger charge is -2.44. The van der Waals surface area contributed by atoms with Crippen molar-refractivity contribution in [2.75, 3.05) is 0 Å². The molecule has 3 rings (SSSR count). The van der Waals surface area contributed by atoms with Gasteiger partial charge in [-0.25, -0.2) is 0 Å². The summed E-state index contributed by atoms with van der Waals surface area (Å²) in [6.07, 6.45) is 11.8. The molecule has 0 heterocycles. The van der Waals surface area contributed by atoms with E-state index in [0.29, 0.717) is 30.1 Å². The molecule has 0 aromatic rings. The third kappa shape index (κ3) is 5.21. The molecule has 0 aliphatic heterocycles. The van der Waals surface area contributed by atoms with Gasteiger partial charge in [0.2, 0.25) is 0 Å². The Morgan fingerprint density at radius 2 is 1.97 bits per heavy atom. The zero-order chi connectivity index (χ0) is 22.1. The van der Waals surface area contributed by atoms with Crippen molar-refractivity contribution in [2.24, 2.45) is 23.2 Å². The Balaban J connectivity index is 1.75. The second-order valence-electron chi connectivity index (χ2n) is 11.4. The predicted molar refractivity (Wildman–Crippen MR) is 130 cm³/mol. The van der Waals surface area contributed by atoms with Gasteiger partial charge in [-0.3, -0.25) is 0 Å². The molecule has 2 nitrogen and oxygen atoms in total. The van der Waals surface area contributed by atoms with Gasteiger partial charge in [0.05, 0.1) is 12.2 Å². The molecule has 30 heavy (non-hydrogen) atoms. The van der Waals surface area contributed by atoms with E-state index >= 15 is 0 Å². The Bertz CT molecular complexity index is 775. The van der Waals surface area contributed by atoms with Crippen LogP contribution in [0.2, 0.25) is 19.6 Å². The number of rotatable bonds is 3. The molecule has 2 N–H and O–H groups in total. The molecule has 166 valence electrons. The van der Waals surface area contributed by atoms with Crippen molar-refractivity contribution in [3.8, 4) is 11.5 Å². The van der Waals surface area contributed by atoms with Gasteiger partial charge in [-0.15, -0.1) is 11.5 Å². The molecule has 0 bridgehead atoms. The first kappa shape index (κ1) is 23.6. The summed E-state index contributed by atoms with van der Waals surface area (Å²) in [5, 5.41) is 20.2. The highest BCUT2D eigenvalue weighted by atomic mass is 28.3. The van der Waals surface area contributed by atoms with Gasteiger partial charge in [-0.1, -0.05) is 57.8 Å². The quantitative estimate of drug-likeness (QED) is 0.427. The van der Waals surface area contributed by atoms with Crippen molar-refractivity contribution >= 4 is 8.07 Å². The summed E-state index contributed by atoms with van der Waals surface area (Å²) in [5.41, 5.74) is 7.32. The van der Waals surface area contributed by atoms with Gasteiger partial charge in [0.15, 0.2) is 0 Å². The molecule has 0 aromatic carbocycles. The highest BCUT2D eigenvalue weighted by Crippen LogP contribution is 2.59. The second-order valence-corrected chi connectivity index (χ2v) is 16.1. The molecule has 3 aliphatic carbocycles. The molecule has 3 heteroatoms. The van der Waals surface area contributed by atoms with Gasteiger partial charge in [0.25, 0.3) is 0 Å². The van der Waals surface area contributed by atoms with Gasteiger partial charge in [0, 0.05) is 12.8 Å². The van der Waals surface area contributed by atoms with E-state index in [4.69, 9.17) is 0 Å². The van der Waals surface area contributed by atoms with Gasteiger partial charge in [-0.2, -0.15) is 0 Å². The number of hydrogen-bond donors (Lipinski definition) is 2. The van der Waals surface area contributed by atoms with Crippen molar-refractivity contribution in [2.45, 2.75) is 97.1 Å². The maximum Gasteiger partial charge on any atom is 0.129 e. The molecular formula is C27H42O2Si. The van der Waals surface area contributed by atoms with Crippen LogP contribution in [0.5, 0.6) is 0 Å². The van der Waals surface area contributed by atoms with Crippen molar-refractivity contribution in [1.29, 1.82) is 0 Å². The number of fused-ring (bicyclic) bond motifs is 1. The predicted octanol–water partition coefficient (Wildman–Crippen LogP) is 6.03. The van der Waals surface area contributed by atoms with E-state index < -0.39 is 20.3 Å². The van der Waals surface area contributed by atoms with Crippen molar-refractivity contribution < 1.29 is 10.2 Å². The SMILES string of the molecule is C=C1/C(=C\C=C2/CCC[C@]3(C)[C@@H](C(C)CC#C[Si](C)(C)C)CC[C@@H]23)C[C@@H](O)C[C@@H]1O. The third-order valence-corrected chi connectivity index (χ3v) is 8.80. The number of allylic oxidation sites excluding steroid dienone is 3. The standard InChI is InChI=1S/C27H42O2Si/c1-19(9-8-16-30(4,5)6)24-13-14-25-21(10-7-15-27(24,25)3)11-12-22-17-23(28)18-26(29)20(22)2/h11-12,19,23-26,28-29H,2,7,9-10,13-15,17-18H2,1,3-6H3/b21-11+,22-12-/t19?,23-,24-,25+,26+,27-/m1/s1. The molecule has 0 saturated heterocycles. The van der Waals surface area contributed by atoms with Crippen LogP contribution >= 0.6 is 0 Å². The molecule has 0 amide bonds. The smallest absolute Gasteiger partial charge is 0.129 e. The van der Waals surface area contributed by atoms with Crippen LogP contribution in [0.25, 0.3) is 0 Å². The second kappa shape index (κ2) is 9.19. The number of hydrogen-bond acceptors (Lipinski definition) is 2. The molecular weight excluding hydrogens is 384 g/mol. The molecule has 3 fully saturated rings. The van der Waals surface area contributed by atoms with E-state index in [9.17, 15) is 10.2 Å². The van der Waals surface area contributed by atoms with E-state index in [-0.39, 0.29) is 0 Å². The summed E-state index contributed by atoms with van der Waals surface area (Å²) in [4.78, 5) is 0. The van der Waals surface area contributed by atoms with E-state index in [0.717, 1.165) is 23.5 Å². The Morgan fingerprint density at radius 3 is 2.67 bits per heavy atom. The maximum atomic E-state index is 10.1. The zero-order valence-corrected chi connectivity index (χ0v) is 20.8. The summed E-state index contributed by atoms with van der Waals surface area (Å²) >= 11 is 0. The number of aliphatic hydroxyl groups is 2. The van der Waals surface area contributed by atoms with Gasteiger partial charge < -0.3 is 10.2 Å². The van der Waals surface area contributed by atoms with Crippen LogP contribution in [0.3, 0.4) is 0 Å². The fourth-order valence-electron chi connectivity index (χ4n) is 6.30. The minimum atomic E-state index is -1.29. The van der Waals surface area contributed by atoms with E-state index in [1.807, 2.05) is 0 Å². The van der Waals surface area contributed by atoms with E-state index in [1.54, 1.807) is 5.57 Å². The summed E-state index contributed by atoms with van der Waals surface area (Å²) in [6.45, 7) is 16.0. The minimum absolute atomic E-state index is 0.380. The maximum absolute atomic E-state index is 10.1. The van der Waals surface area contributed by atoms with Gasteiger partial charge in [-0.05, 0) is 72.8 Å². The van der Waals surface area contributed by atoms with Crippen LogP contribution in [-0.4, -0.2) is 30.5 Å². The lowest BCUT2D eigenvalue weighted by Crippen LogP contribution is -2.36. The van der Waals surface area contributed by atoms with Crippen molar-refractivity contribution in [3.05, 3.63) is 35.5 Å². The van der Waals surface area contributed by atoms with E-state index in [2.05, 4.69) is 63.7 Å². The fraction of sp³-hybridized carbons (Fsp3) is 0.704. The number of aliphatic hydroxyl groups excluding tert-OH is 2. The Kier molecular flexibility index (Phi) is 7.22. The Hall–Kier alpha value is -1.08. The summed E-state index contributed by atoms with van der Waals surface area (Å²) in [7, 11) is -1.29. The monoisotopic (exact) mass is 426 g/mol. The molecule has 0 aromatic heterocycles. The molecule has 0 radical (unpaired) electrons. The van der Waals surface area contributed by atoms with Crippen LogP contribution in [0.1, 0.15) is 65.2 Å². The first-order chi connectivity index (χ1) is 14.0. The third-order valence-electron chi connectivity index (χ3n) is 7.88. The van der Waals surface area contributed by atoms with Crippen LogP contribution in [-0.2, 0) is 0 Å². The minimum Gasteiger partial charge on any atom is -0.393 e. The fourth-order valence-corrected chi connectivity index (χ4v) is 6.93. The Morgan fingerprint density at radius 1 is 1.23 bits per heavy atom. The van der Waals surface area contributed by atoms with Gasteiger partial charge >= 0.3 is 0 Å². The first-order valence-corrected chi connectivity index (χ1v) is 15.5. The average Bonchev–Trinajstić information content (AvgIpc) is 3.00. The van der Waals surface area contributed by atoms with Crippen LogP contribution in [0.4, 0.5) is 0 Å². The first-order valence-electron chi connectivity index (χ1n) is 12.0. The molecule has 0 spiro atoms. The summed E-state index contributed by atoms with van der Waals surface area (Å²) < 4.78 is 0. The lowest BCUT2D eigenvalue weighted by atomic mass is 9.61. The molecule has 3 saturated carbocycles. The molecule has 3 aliphatic rings. The highest BCUT2D eigenvalue weighted by molar-refractivity contribution is 6.83. The molecule has 1 unspecified atom stereocenters. The largest absolute Gasteiger partial charge is 0.393 e. The van der Waals surface area contributed by atoms with Crippen molar-refractivity contribution in [1.82, 2.24) is 0 Å². The van der Waals surface area contributed by atoms with Crippen LogP contribution in [0, 0.1) is 34.6 Å². The molecule has 6 atom stereocenters. The van der Waals surface area contributed by atoms with Crippen LogP contribution < -0.4 is 0 Å². The summed E-state index contributed by atoms with van der Waals surface area (Å²) in [6, 6.07) is 0. The summed E-state index contributed by atoms with van der Waals surface area (Å²) in [5.74, 6) is 5.61. The Labute approximate surface area is 185 Å². The normalized spacial score (nSPS) is 38.3. The van der Waals surface area contributed by atoms with E-state index in [1.165, 1.54) is 32.1 Å². The lowest BCUT2D eigenvalue weighted by molar-refractivity contribution is 0.0862. The van der Waals surface area contributed by atoms with Gasteiger partial charge in [0.1, 0.15) is 8.07 Å². The van der Waals surface area contributed by atoms with Crippen molar-refractivity contribution in [3.63, 3.8) is 0 Å². The highest BCUT2D eigenvalue weighted by Gasteiger charge is 2.50. The topological polar surface area (TPSA) is 40.5 Å². The van der Waals surface area contributed by atoms with Crippen LogP contribution in [0.15, 0.2) is 35.5 Å². The zero-order valence-electron chi connectivity index (χ0n) is 19.8. The average molecular weight is 427 g/mol.